The molecule has 24 heavy (non-hydrogen) atoms. The van der Waals surface area contributed by atoms with Crippen molar-refractivity contribution in [2.75, 3.05) is 11.9 Å². The minimum Gasteiger partial charge on any atom is -0.355 e. The molecule has 2 aromatic heterocycles. The van der Waals surface area contributed by atoms with E-state index in [1.165, 1.54) is 6.07 Å². The predicted octanol–water partition coefficient (Wildman–Crippen LogP) is 3.97. The molecule has 0 saturated heterocycles. The lowest BCUT2D eigenvalue weighted by Crippen LogP contribution is -2.19. The van der Waals surface area contributed by atoms with Gasteiger partial charge in [0.25, 0.3) is 0 Å². The molecule has 0 unspecified atom stereocenters. The lowest BCUT2D eigenvalue weighted by Gasteiger charge is -2.20. The van der Waals surface area contributed by atoms with Crippen LogP contribution >= 0.6 is 0 Å². The van der Waals surface area contributed by atoms with Gasteiger partial charge in [-0.1, -0.05) is 30.3 Å². The number of para-hydroxylation sites is 1. The number of aromatic nitrogens is 3. The maximum atomic E-state index is 14.0. The van der Waals surface area contributed by atoms with Crippen molar-refractivity contribution >= 4 is 22.4 Å². The molecule has 0 aliphatic carbocycles. The summed E-state index contributed by atoms with van der Waals surface area (Å²) in [5.74, 6) is 0.621. The number of hydrogen-bond donors (Lipinski definition) is 0. The summed E-state index contributed by atoms with van der Waals surface area (Å²) in [7, 11) is 1.93. The van der Waals surface area contributed by atoms with Gasteiger partial charge in [0, 0.05) is 30.6 Å². The Hall–Kier alpha value is -2.95. The second kappa shape index (κ2) is 5.60. The Balaban J connectivity index is 1.86. The van der Waals surface area contributed by atoms with Gasteiger partial charge >= 0.3 is 0 Å². The summed E-state index contributed by atoms with van der Waals surface area (Å²) in [4.78, 5) is 6.73. The molecule has 0 bridgehead atoms. The van der Waals surface area contributed by atoms with Crippen molar-refractivity contribution in [3.8, 4) is 0 Å². The van der Waals surface area contributed by atoms with Crippen LogP contribution in [0, 0.1) is 12.7 Å². The molecule has 4 nitrogen and oxygen atoms in total. The number of hydrogen-bond acceptors (Lipinski definition) is 3. The van der Waals surface area contributed by atoms with Gasteiger partial charge in [-0.25, -0.2) is 13.9 Å². The monoisotopic (exact) mass is 320 g/mol. The Labute approximate surface area is 139 Å². The average molecular weight is 320 g/mol. The van der Waals surface area contributed by atoms with E-state index in [0.717, 1.165) is 28.1 Å². The van der Waals surface area contributed by atoms with Crippen LogP contribution in [0.25, 0.3) is 16.6 Å². The molecule has 0 aliphatic heterocycles. The molecule has 5 heteroatoms. The van der Waals surface area contributed by atoms with Gasteiger partial charge in [0.05, 0.1) is 11.2 Å². The number of aryl methyl sites for hydroxylation is 1. The van der Waals surface area contributed by atoms with Crippen LogP contribution in [-0.4, -0.2) is 21.6 Å². The summed E-state index contributed by atoms with van der Waals surface area (Å²) >= 11 is 0. The van der Waals surface area contributed by atoms with Crippen LogP contribution in [0.1, 0.15) is 11.3 Å². The SMILES string of the molecule is Cc1cc2nc(N(C)Cc3ccccc3F)c3ccccc3n2n1. The van der Waals surface area contributed by atoms with E-state index < -0.39 is 0 Å². The summed E-state index contributed by atoms with van der Waals surface area (Å²) < 4.78 is 15.8. The second-order valence-electron chi connectivity index (χ2n) is 5.96. The first-order valence-electron chi connectivity index (χ1n) is 7.83. The van der Waals surface area contributed by atoms with Crippen molar-refractivity contribution in [2.24, 2.45) is 0 Å². The molecule has 0 radical (unpaired) electrons. The maximum Gasteiger partial charge on any atom is 0.158 e. The Morgan fingerprint density at radius 1 is 1.08 bits per heavy atom. The highest BCUT2D eigenvalue weighted by Crippen LogP contribution is 2.27. The standard InChI is InChI=1S/C19H17FN4/c1-13-11-18-21-19(15-8-4-6-10-17(15)24(18)22-13)23(2)12-14-7-3-5-9-16(14)20/h3-11H,12H2,1-2H3. The summed E-state index contributed by atoms with van der Waals surface area (Å²) in [5.41, 5.74) is 3.35. The number of halogens is 1. The summed E-state index contributed by atoms with van der Waals surface area (Å²) in [6.07, 6.45) is 0. The van der Waals surface area contributed by atoms with E-state index in [2.05, 4.69) is 5.10 Å². The molecule has 0 aliphatic rings. The minimum absolute atomic E-state index is 0.199. The van der Waals surface area contributed by atoms with E-state index in [0.29, 0.717) is 12.1 Å². The maximum absolute atomic E-state index is 14.0. The molecule has 0 N–H and O–H groups in total. The van der Waals surface area contributed by atoms with Crippen LogP contribution in [0.5, 0.6) is 0 Å². The number of anilines is 1. The van der Waals surface area contributed by atoms with E-state index in [1.807, 2.05) is 59.8 Å². The predicted molar refractivity (Wildman–Crippen MR) is 93.7 cm³/mol. The van der Waals surface area contributed by atoms with Crippen LogP contribution < -0.4 is 4.90 Å². The molecule has 2 heterocycles. The zero-order chi connectivity index (χ0) is 16.7. The molecule has 0 fully saturated rings. The highest BCUT2D eigenvalue weighted by atomic mass is 19.1. The molecular weight excluding hydrogens is 303 g/mol. The minimum atomic E-state index is -0.199. The number of benzene rings is 2. The van der Waals surface area contributed by atoms with E-state index >= 15 is 0 Å². The van der Waals surface area contributed by atoms with Crippen molar-refractivity contribution in [3.05, 3.63) is 71.7 Å². The Kier molecular flexibility index (Phi) is 3.41. The molecule has 0 atom stereocenters. The summed E-state index contributed by atoms with van der Waals surface area (Å²) in [5, 5.41) is 5.51. The Morgan fingerprint density at radius 3 is 2.67 bits per heavy atom. The van der Waals surface area contributed by atoms with E-state index in [9.17, 15) is 4.39 Å². The largest absolute Gasteiger partial charge is 0.355 e. The Morgan fingerprint density at radius 2 is 1.83 bits per heavy atom. The smallest absolute Gasteiger partial charge is 0.158 e. The number of nitrogens with zero attached hydrogens (tertiary/aromatic N) is 4. The van der Waals surface area contributed by atoms with Crippen LogP contribution in [0.3, 0.4) is 0 Å². The van der Waals surface area contributed by atoms with E-state index in [4.69, 9.17) is 4.98 Å². The third-order valence-corrected chi connectivity index (χ3v) is 4.13. The van der Waals surface area contributed by atoms with Crippen LogP contribution in [0.4, 0.5) is 10.2 Å². The lowest BCUT2D eigenvalue weighted by molar-refractivity contribution is 0.607. The fourth-order valence-electron chi connectivity index (χ4n) is 3.01. The molecule has 0 spiro atoms. The number of fused-ring (bicyclic) bond motifs is 3. The van der Waals surface area contributed by atoms with Crippen LogP contribution in [-0.2, 0) is 6.54 Å². The normalized spacial score (nSPS) is 11.3. The first kappa shape index (κ1) is 14.6. The van der Waals surface area contributed by atoms with Gasteiger partial charge in [-0.15, -0.1) is 0 Å². The summed E-state index contributed by atoms with van der Waals surface area (Å²) in [6, 6.07) is 16.8. The van der Waals surface area contributed by atoms with Gasteiger partial charge in [0.2, 0.25) is 0 Å². The van der Waals surface area contributed by atoms with Crippen LogP contribution in [0.2, 0.25) is 0 Å². The molecular formula is C19H17FN4. The zero-order valence-electron chi connectivity index (χ0n) is 13.6. The first-order valence-corrected chi connectivity index (χ1v) is 7.83. The first-order chi connectivity index (χ1) is 11.6. The fourth-order valence-corrected chi connectivity index (χ4v) is 3.01. The molecule has 120 valence electrons. The van der Waals surface area contributed by atoms with E-state index in [-0.39, 0.29) is 5.82 Å². The van der Waals surface area contributed by atoms with Crippen molar-refractivity contribution in [1.29, 1.82) is 0 Å². The third kappa shape index (κ3) is 2.38. The average Bonchev–Trinajstić information content (AvgIpc) is 2.96. The fraction of sp³-hybridized carbons (Fsp3) is 0.158. The number of rotatable bonds is 3. The third-order valence-electron chi connectivity index (χ3n) is 4.13. The highest BCUT2D eigenvalue weighted by molar-refractivity contribution is 5.91. The van der Waals surface area contributed by atoms with Gasteiger partial charge in [-0.2, -0.15) is 5.10 Å². The topological polar surface area (TPSA) is 33.4 Å². The lowest BCUT2D eigenvalue weighted by atomic mass is 10.2. The van der Waals surface area contributed by atoms with Crippen molar-refractivity contribution in [2.45, 2.75) is 13.5 Å². The molecule has 2 aromatic carbocycles. The van der Waals surface area contributed by atoms with E-state index in [1.54, 1.807) is 12.1 Å². The van der Waals surface area contributed by atoms with Crippen molar-refractivity contribution in [1.82, 2.24) is 14.6 Å². The molecule has 4 aromatic rings. The highest BCUT2D eigenvalue weighted by Gasteiger charge is 2.14. The summed E-state index contributed by atoms with van der Waals surface area (Å²) in [6.45, 7) is 2.40. The van der Waals surface area contributed by atoms with Crippen molar-refractivity contribution in [3.63, 3.8) is 0 Å². The second-order valence-corrected chi connectivity index (χ2v) is 5.96. The molecule has 4 rings (SSSR count). The van der Waals surface area contributed by atoms with Gasteiger partial charge in [-0.3, -0.25) is 0 Å². The Bertz CT molecular complexity index is 1040. The van der Waals surface area contributed by atoms with Gasteiger partial charge in [-0.05, 0) is 25.1 Å². The quantitative estimate of drug-likeness (QED) is 0.573. The van der Waals surface area contributed by atoms with Gasteiger partial charge in [0.1, 0.15) is 11.6 Å². The van der Waals surface area contributed by atoms with Crippen LogP contribution in [0.15, 0.2) is 54.6 Å². The van der Waals surface area contributed by atoms with Gasteiger partial charge < -0.3 is 4.90 Å². The molecule has 0 amide bonds. The van der Waals surface area contributed by atoms with Crippen molar-refractivity contribution < 1.29 is 4.39 Å². The zero-order valence-corrected chi connectivity index (χ0v) is 13.6. The van der Waals surface area contributed by atoms with Gasteiger partial charge in [0.15, 0.2) is 5.65 Å². The molecule has 0 saturated carbocycles.